The molecule has 3 heteroatoms. The van der Waals surface area contributed by atoms with Gasteiger partial charge in [-0.2, -0.15) is 0 Å². The topological polar surface area (TPSA) is 54.4 Å². The molecule has 0 unspecified atom stereocenters. The SMILES string of the molecule is Cc1cccc(C(=O)C[C@H]2CCCC[C@H]2C(=O)O)c1. The van der Waals surface area contributed by atoms with Gasteiger partial charge in [0.25, 0.3) is 0 Å². The molecule has 0 spiro atoms. The van der Waals surface area contributed by atoms with Crippen LogP contribution in [0.25, 0.3) is 0 Å². The summed E-state index contributed by atoms with van der Waals surface area (Å²) < 4.78 is 0. The third-order valence-corrected chi connectivity index (χ3v) is 4.01. The highest BCUT2D eigenvalue weighted by atomic mass is 16.4. The van der Waals surface area contributed by atoms with Gasteiger partial charge in [-0.05, 0) is 31.7 Å². The second-order valence-electron chi connectivity index (χ2n) is 5.49. The van der Waals surface area contributed by atoms with E-state index in [1.54, 1.807) is 0 Å². The summed E-state index contributed by atoms with van der Waals surface area (Å²) in [6.45, 7) is 1.96. The Labute approximate surface area is 113 Å². The number of hydrogen-bond donors (Lipinski definition) is 1. The van der Waals surface area contributed by atoms with Crippen molar-refractivity contribution >= 4 is 11.8 Å². The number of hydrogen-bond acceptors (Lipinski definition) is 2. The van der Waals surface area contributed by atoms with Crippen molar-refractivity contribution in [2.24, 2.45) is 11.8 Å². The van der Waals surface area contributed by atoms with Gasteiger partial charge in [-0.15, -0.1) is 0 Å². The average Bonchev–Trinajstić information content (AvgIpc) is 2.39. The van der Waals surface area contributed by atoms with Crippen molar-refractivity contribution in [2.75, 3.05) is 0 Å². The molecule has 0 aromatic heterocycles. The van der Waals surface area contributed by atoms with Gasteiger partial charge in [0.05, 0.1) is 5.92 Å². The van der Waals surface area contributed by atoms with E-state index in [0.717, 1.165) is 24.8 Å². The Morgan fingerprint density at radius 2 is 2.00 bits per heavy atom. The van der Waals surface area contributed by atoms with Crippen LogP contribution >= 0.6 is 0 Å². The molecular formula is C16H20O3. The maximum absolute atomic E-state index is 12.2. The molecule has 1 aromatic carbocycles. The second kappa shape index (κ2) is 6.00. The van der Waals surface area contributed by atoms with Gasteiger partial charge in [-0.3, -0.25) is 9.59 Å². The molecule has 1 aliphatic carbocycles. The minimum Gasteiger partial charge on any atom is -0.481 e. The Morgan fingerprint density at radius 3 is 2.68 bits per heavy atom. The number of carboxylic acid groups (broad SMARTS) is 1. The number of carboxylic acids is 1. The number of rotatable bonds is 4. The lowest BCUT2D eigenvalue weighted by atomic mass is 9.76. The first-order valence-electron chi connectivity index (χ1n) is 6.90. The smallest absolute Gasteiger partial charge is 0.306 e. The number of ketones is 1. The summed E-state index contributed by atoms with van der Waals surface area (Å²) in [6, 6.07) is 7.52. The second-order valence-corrected chi connectivity index (χ2v) is 5.49. The van der Waals surface area contributed by atoms with E-state index < -0.39 is 5.97 Å². The molecule has 2 rings (SSSR count). The highest BCUT2D eigenvalue weighted by molar-refractivity contribution is 5.96. The monoisotopic (exact) mass is 260 g/mol. The molecule has 0 aliphatic heterocycles. The minimum atomic E-state index is -0.748. The molecule has 0 heterocycles. The van der Waals surface area contributed by atoms with Crippen LogP contribution in [0.15, 0.2) is 24.3 Å². The molecule has 0 saturated heterocycles. The Hall–Kier alpha value is -1.64. The highest BCUT2D eigenvalue weighted by Crippen LogP contribution is 2.33. The van der Waals surface area contributed by atoms with Gasteiger partial charge in [-0.1, -0.05) is 36.6 Å². The Balaban J connectivity index is 2.07. The van der Waals surface area contributed by atoms with Gasteiger partial charge in [0.15, 0.2) is 5.78 Å². The van der Waals surface area contributed by atoms with Crippen molar-refractivity contribution in [3.63, 3.8) is 0 Å². The van der Waals surface area contributed by atoms with E-state index in [9.17, 15) is 14.7 Å². The lowest BCUT2D eigenvalue weighted by Crippen LogP contribution is -2.28. The maximum Gasteiger partial charge on any atom is 0.306 e. The molecule has 3 nitrogen and oxygen atoms in total. The van der Waals surface area contributed by atoms with Gasteiger partial charge < -0.3 is 5.11 Å². The zero-order valence-electron chi connectivity index (χ0n) is 11.3. The molecule has 102 valence electrons. The van der Waals surface area contributed by atoms with Crippen LogP contribution < -0.4 is 0 Å². The van der Waals surface area contributed by atoms with E-state index in [1.807, 2.05) is 31.2 Å². The molecule has 1 N–H and O–H groups in total. The lowest BCUT2D eigenvalue weighted by Gasteiger charge is -2.27. The first-order valence-corrected chi connectivity index (χ1v) is 6.90. The third-order valence-electron chi connectivity index (χ3n) is 4.01. The van der Waals surface area contributed by atoms with Crippen molar-refractivity contribution < 1.29 is 14.7 Å². The van der Waals surface area contributed by atoms with Crippen molar-refractivity contribution in [3.05, 3.63) is 35.4 Å². The summed E-state index contributed by atoms with van der Waals surface area (Å²) in [7, 11) is 0. The molecule has 0 radical (unpaired) electrons. The normalized spacial score (nSPS) is 23.0. The summed E-state index contributed by atoms with van der Waals surface area (Å²) in [6.07, 6.45) is 3.93. The maximum atomic E-state index is 12.2. The third kappa shape index (κ3) is 3.43. The van der Waals surface area contributed by atoms with Gasteiger partial charge in [0, 0.05) is 12.0 Å². The highest BCUT2D eigenvalue weighted by Gasteiger charge is 2.32. The van der Waals surface area contributed by atoms with E-state index in [0.29, 0.717) is 18.4 Å². The standard InChI is InChI=1S/C16H20O3/c1-11-5-4-7-13(9-11)15(17)10-12-6-2-3-8-14(12)16(18)19/h4-5,7,9,12,14H,2-3,6,8,10H2,1H3,(H,18,19)/t12-,14-/m1/s1. The predicted octanol–water partition coefficient (Wildman–Crippen LogP) is 3.46. The molecule has 1 saturated carbocycles. The summed E-state index contributed by atoms with van der Waals surface area (Å²) in [5.41, 5.74) is 1.76. The quantitative estimate of drug-likeness (QED) is 0.843. The summed E-state index contributed by atoms with van der Waals surface area (Å²) in [4.78, 5) is 23.5. The predicted molar refractivity (Wildman–Crippen MR) is 73.2 cm³/mol. The van der Waals surface area contributed by atoms with E-state index >= 15 is 0 Å². The Kier molecular flexibility index (Phi) is 4.35. The number of aliphatic carboxylic acids is 1. The zero-order valence-corrected chi connectivity index (χ0v) is 11.3. The van der Waals surface area contributed by atoms with Crippen LogP contribution in [0.3, 0.4) is 0 Å². The van der Waals surface area contributed by atoms with Crippen LogP contribution in [0.2, 0.25) is 0 Å². The number of Topliss-reactive ketones (excluding diaryl/α,β-unsaturated/α-hetero) is 1. The first-order chi connectivity index (χ1) is 9.08. The van der Waals surface area contributed by atoms with Crippen LogP contribution in [0, 0.1) is 18.8 Å². The van der Waals surface area contributed by atoms with Crippen molar-refractivity contribution in [2.45, 2.75) is 39.0 Å². The van der Waals surface area contributed by atoms with Gasteiger partial charge in [0.2, 0.25) is 0 Å². The number of aryl methyl sites for hydroxylation is 1. The molecule has 0 amide bonds. The lowest BCUT2D eigenvalue weighted by molar-refractivity contribution is -0.144. The van der Waals surface area contributed by atoms with Crippen LogP contribution in [0.5, 0.6) is 0 Å². The van der Waals surface area contributed by atoms with Crippen molar-refractivity contribution in [1.29, 1.82) is 0 Å². The fourth-order valence-corrected chi connectivity index (χ4v) is 2.95. The number of benzene rings is 1. The molecule has 1 aliphatic rings. The summed E-state index contributed by atoms with van der Waals surface area (Å²) in [5.74, 6) is -1.02. The van der Waals surface area contributed by atoms with Crippen LogP contribution in [0.4, 0.5) is 0 Å². The van der Waals surface area contributed by atoms with E-state index in [4.69, 9.17) is 0 Å². The molecule has 19 heavy (non-hydrogen) atoms. The minimum absolute atomic E-state index is 0.000683. The molecule has 1 fully saturated rings. The van der Waals surface area contributed by atoms with E-state index in [1.165, 1.54) is 0 Å². The molecular weight excluding hydrogens is 240 g/mol. The summed E-state index contributed by atoms with van der Waals surface area (Å²) >= 11 is 0. The number of carbonyl (C=O) groups excluding carboxylic acids is 1. The Bertz CT molecular complexity index is 479. The summed E-state index contributed by atoms with van der Waals surface area (Å²) in [5, 5.41) is 9.22. The van der Waals surface area contributed by atoms with Gasteiger partial charge >= 0.3 is 5.97 Å². The molecule has 2 atom stereocenters. The largest absolute Gasteiger partial charge is 0.481 e. The molecule has 0 bridgehead atoms. The Morgan fingerprint density at radius 1 is 1.26 bits per heavy atom. The average molecular weight is 260 g/mol. The fourth-order valence-electron chi connectivity index (χ4n) is 2.95. The van der Waals surface area contributed by atoms with Gasteiger partial charge in [-0.25, -0.2) is 0 Å². The van der Waals surface area contributed by atoms with Gasteiger partial charge in [0.1, 0.15) is 0 Å². The van der Waals surface area contributed by atoms with E-state index in [-0.39, 0.29) is 17.6 Å². The fraction of sp³-hybridized carbons (Fsp3) is 0.500. The van der Waals surface area contributed by atoms with Crippen LogP contribution in [-0.4, -0.2) is 16.9 Å². The molecule has 1 aromatic rings. The first kappa shape index (κ1) is 13.8. The number of carbonyl (C=O) groups is 2. The van der Waals surface area contributed by atoms with Crippen molar-refractivity contribution in [3.8, 4) is 0 Å². The van der Waals surface area contributed by atoms with Crippen molar-refractivity contribution in [1.82, 2.24) is 0 Å². The van der Waals surface area contributed by atoms with Crippen LogP contribution in [0.1, 0.15) is 48.0 Å². The van der Waals surface area contributed by atoms with Crippen LogP contribution in [-0.2, 0) is 4.79 Å². The zero-order chi connectivity index (χ0) is 13.8. The van der Waals surface area contributed by atoms with E-state index in [2.05, 4.69) is 0 Å².